The minimum atomic E-state index is -0.365. The number of ether oxygens (including phenoxy) is 1. The van der Waals surface area contributed by atoms with Gasteiger partial charge in [-0.15, -0.1) is 11.3 Å². The number of hydrogen-bond acceptors (Lipinski definition) is 5. The first-order valence-electron chi connectivity index (χ1n) is 7.05. The number of nitrogens with zero attached hydrogens (tertiary/aromatic N) is 1. The van der Waals surface area contributed by atoms with Gasteiger partial charge < -0.3 is 15.8 Å². The molecule has 0 bridgehead atoms. The number of carbonyl (C=O) groups is 2. The summed E-state index contributed by atoms with van der Waals surface area (Å²) in [6.07, 6.45) is 1.49. The molecule has 116 valence electrons. The lowest BCUT2D eigenvalue weighted by Crippen LogP contribution is -2.51. The van der Waals surface area contributed by atoms with Crippen LogP contribution in [0.25, 0.3) is 10.2 Å². The molecule has 3 N–H and O–H groups in total. The van der Waals surface area contributed by atoms with Gasteiger partial charge in [-0.05, 0) is 31.9 Å². The van der Waals surface area contributed by atoms with Gasteiger partial charge in [0.2, 0.25) is 5.91 Å². The van der Waals surface area contributed by atoms with Crippen LogP contribution in [0.15, 0.2) is 12.1 Å². The molecule has 2 aromatic rings. The molecule has 1 aliphatic rings. The molecule has 1 unspecified atom stereocenters. The van der Waals surface area contributed by atoms with Crippen molar-refractivity contribution in [3.8, 4) is 5.75 Å². The lowest BCUT2D eigenvalue weighted by molar-refractivity contribution is -0.125. The molecule has 0 saturated heterocycles. The highest BCUT2D eigenvalue weighted by Crippen LogP contribution is 2.33. The number of aromatic nitrogens is 1. The molecule has 1 saturated carbocycles. The Morgan fingerprint density at radius 2 is 2.18 bits per heavy atom. The van der Waals surface area contributed by atoms with Gasteiger partial charge in [-0.3, -0.25) is 9.59 Å². The van der Waals surface area contributed by atoms with E-state index in [9.17, 15) is 9.59 Å². The van der Waals surface area contributed by atoms with Crippen LogP contribution >= 0.6 is 11.3 Å². The summed E-state index contributed by atoms with van der Waals surface area (Å²) in [5.41, 5.74) is 6.57. The van der Waals surface area contributed by atoms with E-state index in [-0.39, 0.29) is 23.8 Å². The Morgan fingerprint density at radius 3 is 2.77 bits per heavy atom. The third-order valence-corrected chi connectivity index (χ3v) is 5.03. The Bertz CT molecular complexity index is 756. The minimum Gasteiger partial charge on any atom is -0.496 e. The van der Waals surface area contributed by atoms with Crippen LogP contribution in [0.1, 0.15) is 28.2 Å². The van der Waals surface area contributed by atoms with E-state index < -0.39 is 0 Å². The van der Waals surface area contributed by atoms with Gasteiger partial charge in [-0.25, -0.2) is 4.98 Å². The Kier molecular flexibility index (Phi) is 3.74. The summed E-state index contributed by atoms with van der Waals surface area (Å²) in [6, 6.07) is 3.38. The molecule has 2 amide bonds. The second kappa shape index (κ2) is 5.57. The minimum absolute atomic E-state index is 0.195. The predicted octanol–water partition coefficient (Wildman–Crippen LogP) is 1.61. The van der Waals surface area contributed by atoms with Crippen LogP contribution < -0.4 is 15.8 Å². The molecule has 2 atom stereocenters. The van der Waals surface area contributed by atoms with Crippen LogP contribution in [0, 0.1) is 12.8 Å². The van der Waals surface area contributed by atoms with E-state index in [2.05, 4.69) is 10.3 Å². The van der Waals surface area contributed by atoms with Crippen molar-refractivity contribution < 1.29 is 14.3 Å². The number of fused-ring (bicyclic) bond motifs is 1. The quantitative estimate of drug-likeness (QED) is 0.895. The normalized spacial score (nSPS) is 20.5. The van der Waals surface area contributed by atoms with Gasteiger partial charge in [-0.2, -0.15) is 0 Å². The fourth-order valence-electron chi connectivity index (χ4n) is 2.72. The summed E-state index contributed by atoms with van der Waals surface area (Å²) in [4.78, 5) is 28.3. The number of methoxy groups -OCH3 is 1. The number of nitrogens with one attached hydrogen (secondary N) is 1. The van der Waals surface area contributed by atoms with Crippen molar-refractivity contribution in [2.75, 3.05) is 7.11 Å². The maximum Gasteiger partial charge on any atom is 0.256 e. The van der Waals surface area contributed by atoms with Crippen molar-refractivity contribution >= 4 is 33.4 Å². The fourth-order valence-corrected chi connectivity index (χ4v) is 3.68. The zero-order valence-electron chi connectivity index (χ0n) is 12.4. The lowest BCUT2D eigenvalue weighted by Gasteiger charge is -2.34. The lowest BCUT2D eigenvalue weighted by atomic mass is 9.79. The second-order valence-electron chi connectivity index (χ2n) is 5.39. The number of nitrogens with two attached hydrogens (primary N) is 1. The van der Waals surface area contributed by atoms with Gasteiger partial charge in [0, 0.05) is 6.04 Å². The Labute approximate surface area is 131 Å². The largest absolute Gasteiger partial charge is 0.496 e. The first kappa shape index (κ1) is 14.8. The molecular formula is C15H17N3O3S. The zero-order chi connectivity index (χ0) is 15.9. The van der Waals surface area contributed by atoms with Crippen LogP contribution in [0.4, 0.5) is 0 Å². The highest BCUT2D eigenvalue weighted by molar-refractivity contribution is 7.19. The third kappa shape index (κ3) is 2.41. The van der Waals surface area contributed by atoms with Gasteiger partial charge in [0.15, 0.2) is 0 Å². The SMILES string of the molecule is COc1ccc2nc(C)sc2c1C(=O)NC1CC[C@@H]1C(N)=O. The van der Waals surface area contributed by atoms with Crippen molar-refractivity contribution in [3.63, 3.8) is 0 Å². The number of carbonyl (C=O) groups excluding carboxylic acids is 2. The fraction of sp³-hybridized carbons (Fsp3) is 0.400. The number of rotatable bonds is 4. The van der Waals surface area contributed by atoms with E-state index in [1.54, 1.807) is 6.07 Å². The van der Waals surface area contributed by atoms with Gasteiger partial charge >= 0.3 is 0 Å². The van der Waals surface area contributed by atoms with Gasteiger partial charge in [0.25, 0.3) is 5.91 Å². The highest BCUT2D eigenvalue weighted by atomic mass is 32.1. The topological polar surface area (TPSA) is 94.3 Å². The summed E-state index contributed by atoms with van der Waals surface area (Å²) < 4.78 is 6.11. The first-order chi connectivity index (χ1) is 10.5. The molecule has 0 spiro atoms. The van der Waals surface area contributed by atoms with E-state index >= 15 is 0 Å². The van der Waals surface area contributed by atoms with Crippen LogP contribution in [0.5, 0.6) is 5.75 Å². The van der Waals surface area contributed by atoms with Gasteiger partial charge in [-0.1, -0.05) is 0 Å². The van der Waals surface area contributed by atoms with Crippen LogP contribution in [0.2, 0.25) is 0 Å². The van der Waals surface area contributed by atoms with Crippen molar-refractivity contribution in [2.45, 2.75) is 25.8 Å². The average molecular weight is 319 g/mol. The van der Waals surface area contributed by atoms with Crippen LogP contribution in [0.3, 0.4) is 0 Å². The molecule has 1 aromatic carbocycles. The van der Waals surface area contributed by atoms with Crippen molar-refractivity contribution in [1.82, 2.24) is 10.3 Å². The third-order valence-electron chi connectivity index (χ3n) is 4.03. The van der Waals surface area contributed by atoms with Gasteiger partial charge in [0.05, 0.1) is 28.3 Å². The van der Waals surface area contributed by atoms with E-state index in [1.807, 2.05) is 13.0 Å². The molecule has 1 aromatic heterocycles. The maximum atomic E-state index is 12.7. The summed E-state index contributed by atoms with van der Waals surface area (Å²) >= 11 is 1.45. The Morgan fingerprint density at radius 1 is 1.41 bits per heavy atom. The van der Waals surface area contributed by atoms with Gasteiger partial charge in [0.1, 0.15) is 11.3 Å². The van der Waals surface area contributed by atoms with E-state index in [0.717, 1.165) is 28.1 Å². The van der Waals surface area contributed by atoms with E-state index in [1.165, 1.54) is 18.4 Å². The second-order valence-corrected chi connectivity index (χ2v) is 6.59. The molecule has 7 heteroatoms. The highest BCUT2D eigenvalue weighted by Gasteiger charge is 2.37. The molecule has 6 nitrogen and oxygen atoms in total. The molecule has 22 heavy (non-hydrogen) atoms. The predicted molar refractivity (Wildman–Crippen MR) is 84.1 cm³/mol. The first-order valence-corrected chi connectivity index (χ1v) is 7.87. The number of benzene rings is 1. The summed E-state index contributed by atoms with van der Waals surface area (Å²) in [5, 5.41) is 3.78. The Balaban J connectivity index is 1.94. The van der Waals surface area contributed by atoms with Crippen molar-refractivity contribution in [3.05, 3.63) is 22.7 Å². The number of primary amides is 1. The summed E-state index contributed by atoms with van der Waals surface area (Å²) in [6.45, 7) is 1.90. The van der Waals surface area contributed by atoms with Crippen molar-refractivity contribution in [1.29, 1.82) is 0 Å². The van der Waals surface area contributed by atoms with Crippen LogP contribution in [-0.4, -0.2) is 29.9 Å². The molecule has 0 aliphatic heterocycles. The number of amides is 2. The zero-order valence-corrected chi connectivity index (χ0v) is 13.2. The molecule has 1 fully saturated rings. The molecule has 3 rings (SSSR count). The summed E-state index contributed by atoms with van der Waals surface area (Å²) in [7, 11) is 1.53. The molecule has 1 heterocycles. The maximum absolute atomic E-state index is 12.7. The molecular weight excluding hydrogens is 302 g/mol. The van der Waals surface area contributed by atoms with E-state index in [0.29, 0.717) is 11.3 Å². The molecule has 1 aliphatic carbocycles. The number of hydrogen-bond donors (Lipinski definition) is 2. The van der Waals surface area contributed by atoms with E-state index in [4.69, 9.17) is 10.5 Å². The standard InChI is InChI=1S/C15H17N3O3S/c1-7-17-10-5-6-11(21-2)12(13(10)22-7)15(20)18-9-4-3-8(9)14(16)19/h5-6,8-9H,3-4H2,1-2H3,(H2,16,19)(H,18,20)/t8-,9?/m0/s1. The monoisotopic (exact) mass is 319 g/mol. The van der Waals surface area contributed by atoms with Crippen LogP contribution in [-0.2, 0) is 4.79 Å². The number of aryl methyl sites for hydroxylation is 1. The Hall–Kier alpha value is -2.15. The smallest absolute Gasteiger partial charge is 0.256 e. The summed E-state index contributed by atoms with van der Waals surface area (Å²) in [5.74, 6) is -0.390. The average Bonchev–Trinajstić information content (AvgIpc) is 2.81. The van der Waals surface area contributed by atoms with Crippen molar-refractivity contribution in [2.24, 2.45) is 11.7 Å². The molecule has 0 radical (unpaired) electrons. The number of thiazole rings is 1.